The zero-order chi connectivity index (χ0) is 34.2. The van der Waals surface area contributed by atoms with Gasteiger partial charge in [-0.3, -0.25) is 4.57 Å². The van der Waals surface area contributed by atoms with Crippen LogP contribution in [0.15, 0.2) is 168 Å². The molecular weight excluding hydrogens is 639 g/mol. The van der Waals surface area contributed by atoms with E-state index in [0.717, 1.165) is 87.8 Å². The van der Waals surface area contributed by atoms with Crippen LogP contribution in [0, 0.1) is 0 Å². The van der Waals surface area contributed by atoms with Crippen molar-refractivity contribution in [3.63, 3.8) is 0 Å². The number of hydrogen-bond acceptors (Lipinski definition) is 5. The molecule has 6 heteroatoms. The number of furan rings is 1. The van der Waals surface area contributed by atoms with Gasteiger partial charge in [0.15, 0.2) is 11.6 Å². The van der Waals surface area contributed by atoms with Gasteiger partial charge in [0.1, 0.15) is 11.2 Å². The highest BCUT2D eigenvalue weighted by Crippen LogP contribution is 2.42. The number of benzene rings is 7. The van der Waals surface area contributed by atoms with Crippen LogP contribution in [-0.2, 0) is 0 Å². The van der Waals surface area contributed by atoms with Crippen LogP contribution in [0.4, 0.5) is 0 Å². The minimum Gasteiger partial charge on any atom is -0.456 e. The van der Waals surface area contributed by atoms with Crippen molar-refractivity contribution in [1.82, 2.24) is 24.5 Å². The highest BCUT2D eigenvalue weighted by molar-refractivity contribution is 6.28. The highest BCUT2D eigenvalue weighted by atomic mass is 16.3. The fourth-order valence-electron chi connectivity index (χ4n) is 7.71. The second-order valence-corrected chi connectivity index (χ2v) is 13.0. The maximum atomic E-state index is 6.41. The summed E-state index contributed by atoms with van der Waals surface area (Å²) < 4.78 is 8.55. The van der Waals surface area contributed by atoms with Crippen molar-refractivity contribution in [3.05, 3.63) is 164 Å². The summed E-state index contributed by atoms with van der Waals surface area (Å²) in [5.74, 6) is 1.75. The Bertz CT molecular complexity index is 3130. The molecule has 0 radical (unpaired) electrons. The number of rotatable bonds is 4. The molecule has 242 valence electrons. The molecule has 0 aliphatic heterocycles. The molecule has 0 amide bonds. The monoisotopic (exact) mass is 665 g/mol. The summed E-state index contributed by atoms with van der Waals surface area (Å²) in [5, 5.41) is 7.59. The van der Waals surface area contributed by atoms with Gasteiger partial charge in [0.05, 0.1) is 22.2 Å². The second-order valence-electron chi connectivity index (χ2n) is 13.0. The summed E-state index contributed by atoms with van der Waals surface area (Å²) in [4.78, 5) is 20.7. The van der Waals surface area contributed by atoms with Gasteiger partial charge in [-0.25, -0.2) is 9.97 Å². The van der Waals surface area contributed by atoms with Crippen LogP contribution < -0.4 is 0 Å². The maximum Gasteiger partial charge on any atom is 0.238 e. The van der Waals surface area contributed by atoms with Gasteiger partial charge < -0.3 is 4.42 Å². The smallest absolute Gasteiger partial charge is 0.238 e. The number of aromatic nitrogens is 5. The number of para-hydroxylation sites is 3. The summed E-state index contributed by atoms with van der Waals surface area (Å²) in [6, 6.07) is 56.1. The molecule has 0 bridgehead atoms. The minimum atomic E-state index is 0.562. The average Bonchev–Trinajstić information content (AvgIpc) is 3.77. The van der Waals surface area contributed by atoms with Crippen LogP contribution in [-0.4, -0.2) is 24.5 Å². The molecule has 11 rings (SSSR count). The Balaban J connectivity index is 1.23. The van der Waals surface area contributed by atoms with Gasteiger partial charge >= 0.3 is 0 Å². The van der Waals surface area contributed by atoms with Gasteiger partial charge in [-0.2, -0.15) is 9.97 Å². The molecule has 0 aliphatic carbocycles. The molecule has 0 spiro atoms. The first-order valence-electron chi connectivity index (χ1n) is 17.3. The molecule has 0 atom stereocenters. The van der Waals surface area contributed by atoms with E-state index in [9.17, 15) is 0 Å². The topological polar surface area (TPSA) is 69.6 Å². The quantitative estimate of drug-likeness (QED) is 0.175. The van der Waals surface area contributed by atoms with Gasteiger partial charge in [-0.1, -0.05) is 115 Å². The maximum absolute atomic E-state index is 6.41. The van der Waals surface area contributed by atoms with Gasteiger partial charge in [-0.05, 0) is 48.5 Å². The lowest BCUT2D eigenvalue weighted by Crippen LogP contribution is -2.06. The molecule has 7 aromatic carbocycles. The van der Waals surface area contributed by atoms with Crippen LogP contribution in [0.2, 0.25) is 0 Å². The first kappa shape index (κ1) is 28.6. The molecule has 0 N–H and O–H groups in total. The van der Waals surface area contributed by atoms with E-state index in [1.54, 1.807) is 0 Å². The summed E-state index contributed by atoms with van der Waals surface area (Å²) in [6.07, 6.45) is 0. The summed E-state index contributed by atoms with van der Waals surface area (Å²) in [5.41, 5.74) is 8.43. The van der Waals surface area contributed by atoms with Crippen molar-refractivity contribution in [2.75, 3.05) is 0 Å². The van der Waals surface area contributed by atoms with Crippen LogP contribution >= 0.6 is 0 Å². The Morgan fingerprint density at radius 2 is 1.00 bits per heavy atom. The normalized spacial score (nSPS) is 11.8. The van der Waals surface area contributed by atoms with Crippen molar-refractivity contribution in [3.8, 4) is 40.0 Å². The SMILES string of the molecule is c1ccc(-c2nc(-c3ccc4nc(-c5ccccc5)c5ccc6oc7ccccc7c6c5c4c3)nc(-n3c4ccccc4c4ccccc43)n2)cc1. The van der Waals surface area contributed by atoms with E-state index < -0.39 is 0 Å². The van der Waals surface area contributed by atoms with Gasteiger partial charge in [0.2, 0.25) is 5.95 Å². The molecule has 0 unspecified atom stereocenters. The van der Waals surface area contributed by atoms with Crippen molar-refractivity contribution >= 4 is 65.4 Å². The van der Waals surface area contributed by atoms with Gasteiger partial charge in [0, 0.05) is 54.4 Å². The lowest BCUT2D eigenvalue weighted by atomic mass is 9.95. The zero-order valence-electron chi connectivity index (χ0n) is 27.7. The Morgan fingerprint density at radius 3 is 1.73 bits per heavy atom. The number of nitrogens with zero attached hydrogens (tertiary/aromatic N) is 5. The minimum absolute atomic E-state index is 0.562. The van der Waals surface area contributed by atoms with E-state index in [0.29, 0.717) is 17.6 Å². The number of pyridine rings is 1. The fourth-order valence-corrected chi connectivity index (χ4v) is 7.71. The van der Waals surface area contributed by atoms with Gasteiger partial charge in [-0.15, -0.1) is 0 Å². The predicted molar refractivity (Wildman–Crippen MR) is 211 cm³/mol. The van der Waals surface area contributed by atoms with Crippen molar-refractivity contribution in [1.29, 1.82) is 0 Å². The van der Waals surface area contributed by atoms with Gasteiger partial charge in [0.25, 0.3) is 0 Å². The Labute approximate surface area is 297 Å². The largest absolute Gasteiger partial charge is 0.456 e. The highest BCUT2D eigenvalue weighted by Gasteiger charge is 2.20. The lowest BCUT2D eigenvalue weighted by molar-refractivity contribution is 0.669. The Hall–Kier alpha value is -7.18. The molecule has 0 aliphatic rings. The third kappa shape index (κ3) is 4.31. The van der Waals surface area contributed by atoms with Crippen molar-refractivity contribution in [2.45, 2.75) is 0 Å². The van der Waals surface area contributed by atoms with Crippen LogP contribution in [0.1, 0.15) is 0 Å². The number of hydrogen-bond donors (Lipinski definition) is 0. The summed E-state index contributed by atoms with van der Waals surface area (Å²) >= 11 is 0. The van der Waals surface area contributed by atoms with E-state index in [-0.39, 0.29) is 0 Å². The lowest BCUT2D eigenvalue weighted by Gasteiger charge is -2.13. The standard InChI is InChI=1S/C46H27N5O/c1-3-13-28(14-4-1)43-34-24-26-40-42(33-19-9-12-22-39(33)52-40)41(34)35-27-30(23-25-36(35)47-43)45-48-44(29-15-5-2-6-16-29)49-46(50-45)51-37-20-10-7-17-31(37)32-18-8-11-21-38(32)51/h1-27H. The third-order valence-electron chi connectivity index (χ3n) is 10.0. The molecule has 0 fully saturated rings. The molecular formula is C46H27N5O. The average molecular weight is 666 g/mol. The molecule has 4 heterocycles. The van der Waals surface area contributed by atoms with E-state index in [2.05, 4.69) is 120 Å². The molecule has 52 heavy (non-hydrogen) atoms. The molecule has 4 aromatic heterocycles. The fraction of sp³-hybridized carbons (Fsp3) is 0. The van der Waals surface area contributed by atoms with E-state index in [1.165, 1.54) is 0 Å². The second kappa shape index (κ2) is 11.2. The zero-order valence-corrected chi connectivity index (χ0v) is 27.7. The van der Waals surface area contributed by atoms with Crippen LogP contribution in [0.3, 0.4) is 0 Å². The molecule has 6 nitrogen and oxygen atoms in total. The first-order valence-corrected chi connectivity index (χ1v) is 17.3. The number of fused-ring (bicyclic) bond motifs is 10. The van der Waals surface area contributed by atoms with Crippen molar-refractivity contribution in [2.24, 2.45) is 0 Å². The summed E-state index contributed by atoms with van der Waals surface area (Å²) in [7, 11) is 0. The first-order chi connectivity index (χ1) is 25.8. The van der Waals surface area contributed by atoms with Crippen molar-refractivity contribution < 1.29 is 4.42 Å². The van der Waals surface area contributed by atoms with Crippen LogP contribution in [0.5, 0.6) is 0 Å². The predicted octanol–water partition coefficient (Wildman–Crippen LogP) is 11.6. The third-order valence-corrected chi connectivity index (χ3v) is 10.0. The Kier molecular flexibility index (Phi) is 6.15. The van der Waals surface area contributed by atoms with E-state index in [1.807, 2.05) is 48.5 Å². The van der Waals surface area contributed by atoms with E-state index in [4.69, 9.17) is 24.4 Å². The molecule has 11 aromatic rings. The Morgan fingerprint density at radius 1 is 0.385 bits per heavy atom. The van der Waals surface area contributed by atoms with E-state index >= 15 is 0 Å². The molecule has 0 saturated heterocycles. The molecule has 0 saturated carbocycles. The van der Waals surface area contributed by atoms with Crippen LogP contribution in [0.25, 0.3) is 105 Å². The summed E-state index contributed by atoms with van der Waals surface area (Å²) in [6.45, 7) is 0.